The number of carbonyl (C=O) groups excluding carboxylic acids is 1. The van der Waals surface area contributed by atoms with Crippen LogP contribution < -0.4 is 5.73 Å². The van der Waals surface area contributed by atoms with E-state index in [1.807, 2.05) is 26.0 Å². The van der Waals surface area contributed by atoms with E-state index in [9.17, 15) is 4.79 Å². The first-order valence-corrected chi connectivity index (χ1v) is 5.42. The normalized spacial score (nSPS) is 14.2. The van der Waals surface area contributed by atoms with Crippen LogP contribution in [0, 0.1) is 13.8 Å². The Balaban J connectivity index is 2.40. The predicted octanol–water partition coefficient (Wildman–Crippen LogP) is 2.65. The summed E-state index contributed by atoms with van der Waals surface area (Å²) in [5.41, 5.74) is 10.4. The van der Waals surface area contributed by atoms with Crippen LogP contribution in [0.2, 0.25) is 0 Å². The van der Waals surface area contributed by atoms with Crippen LogP contribution in [0.15, 0.2) is 41.4 Å². The summed E-state index contributed by atoms with van der Waals surface area (Å²) in [4.78, 5) is 15.5. The number of nitrogen functional groups attached to an aromatic ring is 1. The highest BCUT2D eigenvalue weighted by Crippen LogP contribution is 2.26. The molecule has 0 fully saturated rings. The first-order valence-electron chi connectivity index (χ1n) is 5.42. The summed E-state index contributed by atoms with van der Waals surface area (Å²) < 4.78 is 0. The molecule has 0 spiro atoms. The second kappa shape index (κ2) is 4.37. The van der Waals surface area contributed by atoms with E-state index in [-0.39, 0.29) is 5.78 Å². The van der Waals surface area contributed by atoms with Crippen molar-refractivity contribution in [1.82, 2.24) is 0 Å². The molecule has 3 nitrogen and oxygen atoms in total. The van der Waals surface area contributed by atoms with Crippen molar-refractivity contribution in [3.63, 3.8) is 0 Å². The molecule has 2 rings (SSSR count). The van der Waals surface area contributed by atoms with E-state index >= 15 is 0 Å². The van der Waals surface area contributed by atoms with Crippen molar-refractivity contribution in [2.45, 2.75) is 13.8 Å². The zero-order chi connectivity index (χ0) is 12.4. The highest BCUT2D eigenvalue weighted by atomic mass is 16.1. The molecule has 0 amide bonds. The van der Waals surface area contributed by atoms with E-state index in [0.717, 1.165) is 28.2 Å². The van der Waals surface area contributed by atoms with Gasteiger partial charge in [-0.25, -0.2) is 4.99 Å². The van der Waals surface area contributed by atoms with Gasteiger partial charge in [-0.2, -0.15) is 0 Å². The minimum atomic E-state index is -0.00541. The van der Waals surface area contributed by atoms with E-state index in [4.69, 9.17) is 5.73 Å². The van der Waals surface area contributed by atoms with Crippen LogP contribution in [0.1, 0.15) is 11.1 Å². The largest absolute Gasteiger partial charge is 0.399 e. The smallest absolute Gasteiger partial charge is 0.178 e. The maximum atomic E-state index is 11.0. The van der Waals surface area contributed by atoms with Crippen molar-refractivity contribution < 1.29 is 4.79 Å². The van der Waals surface area contributed by atoms with Gasteiger partial charge in [0.15, 0.2) is 5.78 Å². The second-order valence-corrected chi connectivity index (χ2v) is 4.03. The Morgan fingerprint density at radius 2 is 1.65 bits per heavy atom. The number of allylic oxidation sites excluding steroid dienone is 4. The molecule has 86 valence electrons. The average molecular weight is 226 g/mol. The Morgan fingerprint density at radius 3 is 2.29 bits per heavy atom. The lowest BCUT2D eigenvalue weighted by Crippen LogP contribution is -1.99. The molecule has 3 heteroatoms. The van der Waals surface area contributed by atoms with Crippen LogP contribution in [0.4, 0.5) is 11.4 Å². The van der Waals surface area contributed by atoms with Crippen molar-refractivity contribution in [3.05, 3.63) is 47.6 Å². The monoisotopic (exact) mass is 226 g/mol. The highest BCUT2D eigenvalue weighted by molar-refractivity contribution is 6.17. The Kier molecular flexibility index (Phi) is 2.91. The number of benzene rings is 1. The molecule has 1 aliphatic rings. The van der Waals surface area contributed by atoms with Crippen LogP contribution in [0.25, 0.3) is 0 Å². The quantitative estimate of drug-likeness (QED) is 0.591. The fraction of sp³-hybridized carbons (Fsp3) is 0.143. The Bertz CT molecular complexity index is 548. The first-order chi connectivity index (χ1) is 8.08. The van der Waals surface area contributed by atoms with Gasteiger partial charge in [0.1, 0.15) is 0 Å². The lowest BCUT2D eigenvalue weighted by Gasteiger charge is -2.08. The lowest BCUT2D eigenvalue weighted by molar-refractivity contribution is -0.110. The number of nitrogens with two attached hydrogens (primary N) is 1. The fourth-order valence-electron chi connectivity index (χ4n) is 1.61. The molecule has 0 aromatic heterocycles. The third-order valence-corrected chi connectivity index (χ3v) is 2.89. The van der Waals surface area contributed by atoms with Gasteiger partial charge in [-0.15, -0.1) is 0 Å². The number of aliphatic imine (C=N–C) groups is 1. The van der Waals surface area contributed by atoms with Gasteiger partial charge in [0.2, 0.25) is 0 Å². The molecular weight excluding hydrogens is 212 g/mol. The lowest BCUT2D eigenvalue weighted by atomic mass is 10.1. The summed E-state index contributed by atoms with van der Waals surface area (Å²) in [6.07, 6.45) is 6.46. The number of hydrogen-bond donors (Lipinski definition) is 1. The average Bonchev–Trinajstić information content (AvgIpc) is 2.33. The molecule has 0 saturated carbocycles. The number of carbonyl (C=O) groups is 1. The molecule has 0 aliphatic heterocycles. The molecule has 2 N–H and O–H groups in total. The zero-order valence-electron chi connectivity index (χ0n) is 9.90. The molecule has 0 saturated heterocycles. The highest BCUT2D eigenvalue weighted by Gasteiger charge is 2.05. The van der Waals surface area contributed by atoms with Gasteiger partial charge in [-0.05, 0) is 61.4 Å². The summed E-state index contributed by atoms with van der Waals surface area (Å²) in [5, 5.41) is 0. The molecule has 1 aliphatic carbocycles. The minimum Gasteiger partial charge on any atom is -0.399 e. The topological polar surface area (TPSA) is 55.4 Å². The molecule has 0 heterocycles. The van der Waals surface area contributed by atoms with Crippen molar-refractivity contribution in [2.24, 2.45) is 4.99 Å². The fourth-order valence-corrected chi connectivity index (χ4v) is 1.61. The summed E-state index contributed by atoms with van der Waals surface area (Å²) >= 11 is 0. The predicted molar refractivity (Wildman–Crippen MR) is 70.7 cm³/mol. The van der Waals surface area contributed by atoms with E-state index in [0.29, 0.717) is 0 Å². The first kappa shape index (κ1) is 11.3. The van der Waals surface area contributed by atoms with Crippen molar-refractivity contribution >= 4 is 22.9 Å². The van der Waals surface area contributed by atoms with E-state index in [1.54, 1.807) is 12.2 Å². The maximum Gasteiger partial charge on any atom is 0.178 e. The molecule has 0 radical (unpaired) electrons. The zero-order valence-corrected chi connectivity index (χ0v) is 9.90. The van der Waals surface area contributed by atoms with Gasteiger partial charge in [0.25, 0.3) is 0 Å². The molecule has 0 unspecified atom stereocenters. The van der Waals surface area contributed by atoms with E-state index < -0.39 is 0 Å². The van der Waals surface area contributed by atoms with Gasteiger partial charge in [-0.1, -0.05) is 0 Å². The minimum absolute atomic E-state index is 0.00541. The van der Waals surface area contributed by atoms with Gasteiger partial charge in [-0.3, -0.25) is 4.79 Å². The molecule has 1 aromatic carbocycles. The number of nitrogens with zero attached hydrogens (tertiary/aromatic N) is 1. The van der Waals surface area contributed by atoms with Gasteiger partial charge in [0.05, 0.1) is 11.4 Å². The van der Waals surface area contributed by atoms with Gasteiger partial charge in [0, 0.05) is 5.69 Å². The standard InChI is InChI=1S/C14H14N2O/c1-9-10(2)14(8-7-13(9)15)16-11-3-5-12(17)6-4-11/h3-8H,15H2,1-2H3. The Morgan fingerprint density at radius 1 is 1.00 bits per heavy atom. The molecular formula is C14H14N2O. The van der Waals surface area contributed by atoms with Gasteiger partial charge >= 0.3 is 0 Å². The third-order valence-electron chi connectivity index (χ3n) is 2.89. The summed E-state index contributed by atoms with van der Waals surface area (Å²) in [5.74, 6) is -0.00541. The number of ketones is 1. The van der Waals surface area contributed by atoms with Crippen molar-refractivity contribution in [1.29, 1.82) is 0 Å². The van der Waals surface area contributed by atoms with Crippen molar-refractivity contribution in [2.75, 3.05) is 5.73 Å². The molecule has 1 aromatic rings. The second-order valence-electron chi connectivity index (χ2n) is 4.03. The summed E-state index contributed by atoms with van der Waals surface area (Å²) in [6, 6.07) is 3.74. The van der Waals surface area contributed by atoms with Crippen LogP contribution in [-0.4, -0.2) is 11.5 Å². The van der Waals surface area contributed by atoms with E-state index in [2.05, 4.69) is 4.99 Å². The van der Waals surface area contributed by atoms with Crippen LogP contribution in [0.5, 0.6) is 0 Å². The maximum absolute atomic E-state index is 11.0. The number of hydrogen-bond acceptors (Lipinski definition) is 3. The third kappa shape index (κ3) is 2.33. The molecule has 0 atom stereocenters. The van der Waals surface area contributed by atoms with Gasteiger partial charge < -0.3 is 5.73 Å². The molecule has 0 bridgehead atoms. The van der Waals surface area contributed by atoms with Crippen LogP contribution >= 0.6 is 0 Å². The number of anilines is 1. The number of rotatable bonds is 1. The summed E-state index contributed by atoms with van der Waals surface area (Å²) in [6.45, 7) is 3.97. The Hall–Kier alpha value is -2.16. The summed E-state index contributed by atoms with van der Waals surface area (Å²) in [7, 11) is 0. The SMILES string of the molecule is Cc1c(N)ccc(N=C2C=CC(=O)C=C2)c1C. The van der Waals surface area contributed by atoms with Crippen LogP contribution in [0.3, 0.4) is 0 Å². The van der Waals surface area contributed by atoms with Crippen molar-refractivity contribution in [3.8, 4) is 0 Å². The van der Waals surface area contributed by atoms with Crippen LogP contribution in [-0.2, 0) is 4.79 Å². The molecule has 17 heavy (non-hydrogen) atoms. The van der Waals surface area contributed by atoms with E-state index in [1.165, 1.54) is 12.2 Å². The Labute approximate surface area is 100 Å².